The van der Waals surface area contributed by atoms with Crippen LogP contribution in [-0.2, 0) is 4.79 Å². The highest BCUT2D eigenvalue weighted by atomic mass is 79.9. The van der Waals surface area contributed by atoms with E-state index in [-0.39, 0.29) is 11.8 Å². The minimum absolute atomic E-state index is 0.116. The van der Waals surface area contributed by atoms with Crippen molar-refractivity contribution >= 4 is 38.9 Å². The largest absolute Gasteiger partial charge is 0.496 e. The molecule has 1 aliphatic rings. The molecule has 4 nitrogen and oxygen atoms in total. The van der Waals surface area contributed by atoms with Crippen LogP contribution >= 0.6 is 27.3 Å². The van der Waals surface area contributed by atoms with E-state index in [0.717, 1.165) is 50.6 Å². The summed E-state index contributed by atoms with van der Waals surface area (Å²) >= 11 is 5.10. The lowest BCUT2D eigenvalue weighted by molar-refractivity contribution is -0.117. The lowest BCUT2D eigenvalue weighted by atomic mass is 10.1. The summed E-state index contributed by atoms with van der Waals surface area (Å²) in [6.07, 6.45) is 2.00. The first kappa shape index (κ1) is 17.2. The zero-order valence-corrected chi connectivity index (χ0v) is 16.6. The number of amides is 1. The van der Waals surface area contributed by atoms with Crippen LogP contribution in [0.5, 0.6) is 5.75 Å². The number of anilines is 1. The Labute approximate surface area is 164 Å². The maximum absolute atomic E-state index is 12.0. The Morgan fingerprint density at radius 1 is 1.23 bits per heavy atom. The summed E-state index contributed by atoms with van der Waals surface area (Å²) in [5.74, 6) is 1.10. The molecule has 0 saturated heterocycles. The Bertz CT molecular complexity index is 966. The predicted molar refractivity (Wildman–Crippen MR) is 109 cm³/mol. The van der Waals surface area contributed by atoms with E-state index in [4.69, 9.17) is 9.72 Å². The van der Waals surface area contributed by atoms with E-state index in [1.165, 1.54) is 0 Å². The molecule has 2 aromatic carbocycles. The molecule has 1 aliphatic carbocycles. The highest BCUT2D eigenvalue weighted by Crippen LogP contribution is 2.34. The number of ether oxygens (including phenoxy) is 1. The molecule has 0 radical (unpaired) electrons. The smallest absolute Gasteiger partial charge is 0.227 e. The molecule has 1 aromatic heterocycles. The second-order valence-corrected chi connectivity index (χ2v) is 7.94. The molecular formula is C20H17BrN2O2S. The van der Waals surface area contributed by atoms with Gasteiger partial charge in [0.2, 0.25) is 5.91 Å². The number of methoxy groups -OCH3 is 1. The lowest BCUT2D eigenvalue weighted by Crippen LogP contribution is -2.13. The fourth-order valence-corrected chi connectivity index (χ4v) is 4.05. The van der Waals surface area contributed by atoms with Crippen molar-refractivity contribution in [3.8, 4) is 27.6 Å². The molecule has 3 aromatic rings. The van der Waals surface area contributed by atoms with E-state index < -0.39 is 0 Å². The van der Waals surface area contributed by atoms with Crippen LogP contribution in [0.2, 0.25) is 0 Å². The van der Waals surface area contributed by atoms with Crippen LogP contribution in [0.15, 0.2) is 52.3 Å². The van der Waals surface area contributed by atoms with Crippen molar-refractivity contribution < 1.29 is 9.53 Å². The topological polar surface area (TPSA) is 51.2 Å². The van der Waals surface area contributed by atoms with Gasteiger partial charge in [-0.1, -0.05) is 12.1 Å². The first-order valence-electron chi connectivity index (χ1n) is 8.35. The molecule has 6 heteroatoms. The van der Waals surface area contributed by atoms with Gasteiger partial charge in [0.05, 0.1) is 17.3 Å². The molecule has 1 fully saturated rings. The molecule has 0 aliphatic heterocycles. The number of hydrogen-bond donors (Lipinski definition) is 1. The first-order chi connectivity index (χ1) is 12.6. The van der Waals surface area contributed by atoms with Gasteiger partial charge in [-0.05, 0) is 59.1 Å². The summed E-state index contributed by atoms with van der Waals surface area (Å²) in [6.45, 7) is 0. The summed E-state index contributed by atoms with van der Waals surface area (Å²) < 4.78 is 6.18. The van der Waals surface area contributed by atoms with Gasteiger partial charge in [-0.3, -0.25) is 4.79 Å². The number of nitrogens with zero attached hydrogens (tertiary/aromatic N) is 1. The van der Waals surface area contributed by atoms with Gasteiger partial charge in [-0.15, -0.1) is 11.3 Å². The quantitative estimate of drug-likeness (QED) is 0.575. The number of nitrogens with one attached hydrogen (secondary N) is 1. The maximum Gasteiger partial charge on any atom is 0.227 e. The van der Waals surface area contributed by atoms with Crippen LogP contribution in [0.1, 0.15) is 12.8 Å². The summed E-state index contributed by atoms with van der Waals surface area (Å²) in [5, 5.41) is 5.96. The van der Waals surface area contributed by atoms with E-state index in [0.29, 0.717) is 0 Å². The first-order valence-corrected chi connectivity index (χ1v) is 10.0. The molecule has 0 spiro atoms. The van der Waals surface area contributed by atoms with E-state index >= 15 is 0 Å². The molecule has 4 rings (SSSR count). The van der Waals surface area contributed by atoms with Crippen LogP contribution in [0, 0.1) is 5.92 Å². The van der Waals surface area contributed by atoms with E-state index in [1.54, 1.807) is 18.4 Å². The number of thiazole rings is 1. The highest BCUT2D eigenvalue weighted by molar-refractivity contribution is 9.10. The molecule has 1 amide bonds. The minimum atomic E-state index is 0.116. The molecule has 26 heavy (non-hydrogen) atoms. The molecule has 132 valence electrons. The molecule has 1 N–H and O–H groups in total. The van der Waals surface area contributed by atoms with Crippen LogP contribution in [-0.4, -0.2) is 18.0 Å². The number of carbonyl (C=O) groups is 1. The van der Waals surface area contributed by atoms with Gasteiger partial charge in [-0.25, -0.2) is 4.98 Å². The van der Waals surface area contributed by atoms with Crippen LogP contribution in [0.25, 0.3) is 21.8 Å². The highest BCUT2D eigenvalue weighted by Gasteiger charge is 2.29. The Morgan fingerprint density at radius 3 is 2.81 bits per heavy atom. The summed E-state index contributed by atoms with van der Waals surface area (Å²) in [4.78, 5) is 16.7. The SMILES string of the molecule is COc1ccc(-c2csc(-c3cccc(NC(=O)C4CC4)c3)n2)cc1Br. The molecule has 0 bridgehead atoms. The van der Waals surface area contributed by atoms with Crippen LogP contribution in [0.3, 0.4) is 0 Å². The van der Waals surface area contributed by atoms with E-state index in [1.807, 2.05) is 47.8 Å². The standard InChI is InChI=1S/C20H17BrN2O2S/c1-25-18-8-7-13(10-16(18)21)17-11-26-20(23-17)14-3-2-4-15(9-14)22-19(24)12-5-6-12/h2-4,7-12H,5-6H2,1H3,(H,22,24). The second-order valence-electron chi connectivity index (χ2n) is 6.23. The fraction of sp³-hybridized carbons (Fsp3) is 0.200. The van der Waals surface area contributed by atoms with Gasteiger partial charge in [-0.2, -0.15) is 0 Å². The van der Waals surface area contributed by atoms with Crippen molar-refractivity contribution in [2.45, 2.75) is 12.8 Å². The predicted octanol–water partition coefficient (Wildman–Crippen LogP) is 5.60. The van der Waals surface area contributed by atoms with Crippen LogP contribution in [0.4, 0.5) is 5.69 Å². The third-order valence-corrected chi connectivity index (χ3v) is 5.79. The number of carbonyl (C=O) groups excluding carboxylic acids is 1. The summed E-state index contributed by atoms with van der Waals surface area (Å²) in [6, 6.07) is 13.8. The van der Waals surface area contributed by atoms with Crippen LogP contribution < -0.4 is 10.1 Å². The number of benzene rings is 2. The third kappa shape index (κ3) is 3.66. The van der Waals surface area contributed by atoms with Crippen molar-refractivity contribution in [2.75, 3.05) is 12.4 Å². The van der Waals surface area contributed by atoms with Gasteiger partial charge >= 0.3 is 0 Å². The van der Waals surface area contributed by atoms with Crippen molar-refractivity contribution in [3.05, 3.63) is 52.3 Å². The maximum atomic E-state index is 12.0. The third-order valence-electron chi connectivity index (χ3n) is 4.28. The number of aromatic nitrogens is 1. The molecular weight excluding hydrogens is 412 g/mol. The Hall–Kier alpha value is -2.18. The average Bonchev–Trinajstić information content (AvgIpc) is 3.39. The van der Waals surface area contributed by atoms with E-state index in [2.05, 4.69) is 21.2 Å². The van der Waals surface area contributed by atoms with Crippen molar-refractivity contribution in [2.24, 2.45) is 5.92 Å². The van der Waals surface area contributed by atoms with Gasteiger partial charge in [0.1, 0.15) is 10.8 Å². The summed E-state index contributed by atoms with van der Waals surface area (Å²) in [5.41, 5.74) is 3.77. The van der Waals surface area contributed by atoms with Gasteiger partial charge in [0.15, 0.2) is 0 Å². The van der Waals surface area contributed by atoms with Crippen molar-refractivity contribution in [1.29, 1.82) is 0 Å². The second kappa shape index (κ2) is 7.21. The van der Waals surface area contributed by atoms with E-state index in [9.17, 15) is 4.79 Å². The minimum Gasteiger partial charge on any atom is -0.496 e. The zero-order chi connectivity index (χ0) is 18.1. The number of hydrogen-bond acceptors (Lipinski definition) is 4. The van der Waals surface area contributed by atoms with Gasteiger partial charge < -0.3 is 10.1 Å². The van der Waals surface area contributed by atoms with Crippen molar-refractivity contribution in [3.63, 3.8) is 0 Å². The number of halogens is 1. The lowest BCUT2D eigenvalue weighted by Gasteiger charge is -2.06. The Morgan fingerprint density at radius 2 is 2.08 bits per heavy atom. The van der Waals surface area contributed by atoms with Crippen molar-refractivity contribution in [1.82, 2.24) is 4.98 Å². The summed E-state index contributed by atoms with van der Waals surface area (Å²) in [7, 11) is 1.65. The average molecular weight is 429 g/mol. The number of rotatable bonds is 5. The van der Waals surface area contributed by atoms with Gasteiger partial charge in [0.25, 0.3) is 0 Å². The fourth-order valence-electron chi connectivity index (χ4n) is 2.68. The molecule has 0 atom stereocenters. The molecule has 0 unspecified atom stereocenters. The Kier molecular flexibility index (Phi) is 4.78. The van der Waals surface area contributed by atoms with Gasteiger partial charge in [0, 0.05) is 28.1 Å². The zero-order valence-electron chi connectivity index (χ0n) is 14.2. The molecule has 1 heterocycles. The molecule has 1 saturated carbocycles. The Balaban J connectivity index is 1.57. The normalized spacial score (nSPS) is 13.5. The monoisotopic (exact) mass is 428 g/mol.